The molecular formula is C42H62ClN3O6. The predicted molar refractivity (Wildman–Crippen MR) is 204 cm³/mol. The molecule has 288 valence electrons. The van der Waals surface area contributed by atoms with Gasteiger partial charge in [0.15, 0.2) is 5.78 Å². The van der Waals surface area contributed by atoms with Crippen molar-refractivity contribution in [1.82, 2.24) is 10.3 Å². The predicted octanol–water partition coefficient (Wildman–Crippen LogP) is 9.08. The number of aryl methyl sites for hydroxylation is 1. The molecule has 1 aromatic heterocycles. The molecule has 4 fully saturated rings. The number of hydrogen-bond donors (Lipinski definition) is 3. The smallest absolute Gasteiger partial charge is 0.319 e. The summed E-state index contributed by atoms with van der Waals surface area (Å²) < 4.78 is 6.15. The molecule has 0 spiro atoms. The topological polar surface area (TPSA) is 135 Å². The summed E-state index contributed by atoms with van der Waals surface area (Å²) in [7, 11) is 0. The van der Waals surface area contributed by atoms with Crippen molar-refractivity contribution in [3.63, 3.8) is 0 Å². The van der Waals surface area contributed by atoms with Gasteiger partial charge in [0.05, 0.1) is 17.4 Å². The summed E-state index contributed by atoms with van der Waals surface area (Å²) in [5, 5.41) is 16.0. The number of hydrogen-bond acceptors (Lipinski definition) is 6. The first-order valence-electron chi connectivity index (χ1n) is 19.3. The number of pyridine rings is 1. The number of anilines is 1. The number of aromatic nitrogens is 1. The number of halogens is 1. The number of esters is 1. The normalized spacial score (nSPS) is 36.4. The minimum Gasteiger partial charge on any atom is -0.481 e. The van der Waals surface area contributed by atoms with Crippen LogP contribution in [0.25, 0.3) is 0 Å². The minimum absolute atomic E-state index is 0. The molecule has 0 bridgehead atoms. The van der Waals surface area contributed by atoms with E-state index in [0.29, 0.717) is 23.9 Å². The standard InChI is InChI=1S/C42H61N3O6.ClH/c1-24(2)33-28(46)22-42(45-36(50)44-26-15-20-43-25(3)21-26)19-18-40(9)27(34(33)42)11-12-30-39(8)16-14-31(51-32(47)23-37(4,5)35(48)49)38(6,7)29(39)13-17-41(30,40)10;/h15,20-21,24,27,29-31H,11-14,16-19,22-23H2,1-10H3,(H,48,49)(H2,43,44,45,50);1H/t27-,29+,30-,31+,39+,40-,41-,42-;/m1./s1. The van der Waals surface area contributed by atoms with Crippen LogP contribution in [0, 0.1) is 57.7 Å². The third kappa shape index (κ3) is 6.18. The van der Waals surface area contributed by atoms with E-state index in [1.54, 1.807) is 26.1 Å². The number of carbonyl (C=O) groups is 4. The van der Waals surface area contributed by atoms with Gasteiger partial charge in [-0.25, -0.2) is 4.79 Å². The van der Waals surface area contributed by atoms with E-state index in [4.69, 9.17) is 4.74 Å². The van der Waals surface area contributed by atoms with Gasteiger partial charge in [-0.1, -0.05) is 48.5 Å². The zero-order valence-electron chi connectivity index (χ0n) is 33.0. The number of nitrogens with zero attached hydrogens (tertiary/aromatic N) is 1. The Morgan fingerprint density at radius 1 is 0.981 bits per heavy atom. The quantitative estimate of drug-likeness (QED) is 0.238. The molecule has 6 rings (SSSR count). The molecule has 1 heterocycles. The third-order valence-electron chi connectivity index (χ3n) is 15.3. The summed E-state index contributed by atoms with van der Waals surface area (Å²) in [6.07, 6.45) is 9.13. The molecular weight excluding hydrogens is 678 g/mol. The molecule has 0 aliphatic heterocycles. The number of aliphatic carboxylic acids is 1. The number of ether oxygens (including phenoxy) is 1. The van der Waals surface area contributed by atoms with Gasteiger partial charge in [0.1, 0.15) is 6.10 Å². The Morgan fingerprint density at radius 2 is 1.67 bits per heavy atom. The first kappa shape index (κ1) is 40.2. The van der Waals surface area contributed by atoms with E-state index >= 15 is 0 Å². The van der Waals surface area contributed by atoms with Crippen molar-refractivity contribution in [2.75, 3.05) is 5.32 Å². The van der Waals surface area contributed by atoms with Crippen molar-refractivity contribution in [3.05, 3.63) is 35.2 Å². The van der Waals surface area contributed by atoms with Crippen LogP contribution in [0.15, 0.2) is 29.5 Å². The maximum absolute atomic E-state index is 13.9. The lowest BCUT2D eigenvalue weighted by molar-refractivity contribution is -0.232. The number of rotatable bonds is 7. The Balaban J connectivity index is 0.00000523. The van der Waals surface area contributed by atoms with Gasteiger partial charge in [-0.2, -0.15) is 0 Å². The van der Waals surface area contributed by atoms with E-state index < -0.39 is 22.9 Å². The van der Waals surface area contributed by atoms with E-state index in [1.807, 2.05) is 13.0 Å². The largest absolute Gasteiger partial charge is 0.481 e. The monoisotopic (exact) mass is 739 g/mol. The van der Waals surface area contributed by atoms with Crippen LogP contribution in [0.2, 0.25) is 0 Å². The van der Waals surface area contributed by atoms with E-state index in [9.17, 15) is 24.3 Å². The number of carboxylic acids is 1. The van der Waals surface area contributed by atoms with Gasteiger partial charge in [-0.3, -0.25) is 19.4 Å². The summed E-state index contributed by atoms with van der Waals surface area (Å²) in [6, 6.07) is 3.36. The van der Waals surface area contributed by atoms with Crippen LogP contribution in [-0.2, 0) is 19.1 Å². The first-order valence-corrected chi connectivity index (χ1v) is 19.3. The molecule has 4 saturated carbocycles. The van der Waals surface area contributed by atoms with Gasteiger partial charge in [0.25, 0.3) is 0 Å². The average molecular weight is 740 g/mol. The molecule has 0 radical (unpaired) electrons. The highest BCUT2D eigenvalue weighted by Gasteiger charge is 2.70. The van der Waals surface area contributed by atoms with Crippen molar-refractivity contribution in [1.29, 1.82) is 0 Å². The fourth-order valence-electron chi connectivity index (χ4n) is 12.6. The summed E-state index contributed by atoms with van der Waals surface area (Å²) in [6.45, 7) is 21.3. The van der Waals surface area contributed by atoms with Crippen LogP contribution in [0.3, 0.4) is 0 Å². The molecule has 2 amide bonds. The SMILES string of the molecule is Cc1cc(NC(=O)N[C@@]23CC[C@]4(C)[C@H](CC[C@@H]5[C@@]6(C)CC[C@H](OC(=O)CC(C)(C)C(=O)O)C(C)(C)[C@@H]6CC[C@]54C)C2=C(C(C)C)C(=O)C3)ccn1.Cl. The maximum atomic E-state index is 13.9. The number of Topliss-reactive ketones (excluding diaryl/α,β-unsaturated/α-hetero) is 1. The fourth-order valence-corrected chi connectivity index (χ4v) is 12.6. The van der Waals surface area contributed by atoms with Crippen LogP contribution in [0.5, 0.6) is 0 Å². The summed E-state index contributed by atoms with van der Waals surface area (Å²) in [5.41, 5.74) is 1.55. The molecule has 0 unspecified atom stereocenters. The van der Waals surface area contributed by atoms with Crippen LogP contribution in [0.4, 0.5) is 10.5 Å². The zero-order valence-corrected chi connectivity index (χ0v) is 33.9. The molecule has 5 aliphatic rings. The molecule has 8 atom stereocenters. The number of fused-ring (bicyclic) bond motifs is 7. The Labute approximate surface area is 316 Å². The van der Waals surface area contributed by atoms with E-state index in [0.717, 1.165) is 62.6 Å². The number of urea groups is 1. The second-order valence-corrected chi connectivity index (χ2v) is 19.2. The van der Waals surface area contributed by atoms with E-state index in [1.165, 1.54) is 5.57 Å². The lowest BCUT2D eigenvalue weighted by Crippen LogP contribution is -2.67. The molecule has 3 N–H and O–H groups in total. The average Bonchev–Trinajstić information content (AvgIpc) is 3.30. The van der Waals surface area contributed by atoms with Gasteiger partial charge >= 0.3 is 18.0 Å². The molecule has 0 saturated heterocycles. The number of nitrogens with one attached hydrogen (secondary N) is 2. The Bertz CT molecular complexity index is 1670. The van der Waals surface area contributed by atoms with Crippen molar-refractivity contribution < 1.29 is 29.0 Å². The maximum Gasteiger partial charge on any atom is 0.319 e. The Hall–Kier alpha value is -2.94. The van der Waals surface area contributed by atoms with Crippen molar-refractivity contribution in [2.24, 2.45) is 50.7 Å². The summed E-state index contributed by atoms with van der Waals surface area (Å²) in [5.74, 6) is -0.166. The number of ketones is 1. The van der Waals surface area contributed by atoms with Crippen molar-refractivity contribution in [3.8, 4) is 0 Å². The fraction of sp³-hybridized carbons (Fsp3) is 0.738. The Kier molecular flexibility index (Phi) is 10.4. The number of amides is 2. The van der Waals surface area contributed by atoms with Gasteiger partial charge in [-0.05, 0) is 135 Å². The minimum atomic E-state index is -1.17. The number of carbonyl (C=O) groups excluding carboxylic acids is 3. The first-order chi connectivity index (χ1) is 23.6. The van der Waals surface area contributed by atoms with Crippen molar-refractivity contribution >= 4 is 41.8 Å². The highest BCUT2D eigenvalue weighted by Crippen LogP contribution is 2.76. The number of allylic oxidation sites excluding steroid dienone is 1. The van der Waals surface area contributed by atoms with Gasteiger partial charge < -0.3 is 20.5 Å². The Morgan fingerprint density at radius 3 is 2.31 bits per heavy atom. The molecule has 10 heteroatoms. The zero-order chi connectivity index (χ0) is 37.5. The molecule has 0 aromatic carbocycles. The van der Waals surface area contributed by atoms with Gasteiger partial charge in [0, 0.05) is 29.4 Å². The summed E-state index contributed by atoms with van der Waals surface area (Å²) in [4.78, 5) is 56.6. The second-order valence-electron chi connectivity index (χ2n) is 19.2. The highest BCUT2D eigenvalue weighted by atomic mass is 35.5. The molecule has 1 aromatic rings. The van der Waals surface area contributed by atoms with Gasteiger partial charge in [0.2, 0.25) is 0 Å². The third-order valence-corrected chi connectivity index (χ3v) is 15.3. The van der Waals surface area contributed by atoms with Crippen molar-refractivity contribution in [2.45, 2.75) is 145 Å². The molecule has 5 aliphatic carbocycles. The highest BCUT2D eigenvalue weighted by molar-refractivity contribution is 6.03. The molecule has 9 nitrogen and oxygen atoms in total. The summed E-state index contributed by atoms with van der Waals surface area (Å²) >= 11 is 0. The van der Waals surface area contributed by atoms with Gasteiger partial charge in [-0.15, -0.1) is 12.4 Å². The van der Waals surface area contributed by atoms with Crippen LogP contribution in [-0.4, -0.2) is 45.5 Å². The van der Waals surface area contributed by atoms with E-state index in [2.05, 4.69) is 64.1 Å². The van der Waals surface area contributed by atoms with Crippen LogP contribution < -0.4 is 10.6 Å². The molecule has 52 heavy (non-hydrogen) atoms. The number of carboxylic acid groups (broad SMARTS) is 1. The van der Waals surface area contributed by atoms with Crippen LogP contribution in [0.1, 0.15) is 132 Å². The van der Waals surface area contributed by atoms with Crippen LogP contribution >= 0.6 is 12.4 Å². The second kappa shape index (κ2) is 13.4. The van der Waals surface area contributed by atoms with E-state index in [-0.39, 0.29) is 70.2 Å². The lowest BCUT2D eigenvalue weighted by Gasteiger charge is -2.72. The lowest BCUT2D eigenvalue weighted by atomic mass is 9.33.